The summed E-state index contributed by atoms with van der Waals surface area (Å²) in [5, 5.41) is 10.6. The zero-order chi connectivity index (χ0) is 21.5. The summed E-state index contributed by atoms with van der Waals surface area (Å²) in [6, 6.07) is 26.2. The second kappa shape index (κ2) is 10.3. The van der Waals surface area contributed by atoms with Crippen LogP contribution in [0.5, 0.6) is 11.5 Å². The van der Waals surface area contributed by atoms with Crippen molar-refractivity contribution < 1.29 is 8.90 Å². The van der Waals surface area contributed by atoms with Crippen LogP contribution in [-0.2, 0) is 0 Å². The van der Waals surface area contributed by atoms with Gasteiger partial charge >= 0.3 is 15.6 Å². The van der Waals surface area contributed by atoms with Crippen molar-refractivity contribution in [2.24, 2.45) is 0 Å². The highest BCUT2D eigenvalue weighted by Gasteiger charge is 2.05. The third-order valence-electron chi connectivity index (χ3n) is 4.57. The molecule has 0 aliphatic carbocycles. The minimum Gasteiger partial charge on any atom is -0.648 e. The van der Waals surface area contributed by atoms with Gasteiger partial charge in [-0.1, -0.05) is 73.2 Å². The molecule has 3 aromatic carbocycles. The van der Waals surface area contributed by atoms with E-state index in [0.717, 1.165) is 22.4 Å². The minimum absolute atomic E-state index is 0.0360. The highest BCUT2D eigenvalue weighted by Crippen LogP contribution is 2.25. The second-order valence-electron chi connectivity index (χ2n) is 7.65. The second-order valence-corrected chi connectivity index (χ2v) is 9.49. The van der Waals surface area contributed by atoms with E-state index in [-0.39, 0.29) is 21.3 Å². The highest BCUT2D eigenvalue weighted by molar-refractivity contribution is 6.30. The summed E-state index contributed by atoms with van der Waals surface area (Å²) in [4.78, 5) is 4.29. The molecule has 0 spiro atoms. The zero-order valence-electron chi connectivity index (χ0n) is 18.0. The lowest BCUT2D eigenvalue weighted by Crippen LogP contribution is -2.05. The maximum absolute atomic E-state index is 9.56. The van der Waals surface area contributed by atoms with E-state index in [0.29, 0.717) is 10.3 Å². The topological polar surface area (TPSA) is 42.4 Å². The van der Waals surface area contributed by atoms with Gasteiger partial charge in [-0.25, -0.2) is 4.98 Å². The van der Waals surface area contributed by atoms with Crippen LogP contribution in [0.3, 0.4) is 0 Å². The number of rotatable bonds is 4. The van der Waals surface area contributed by atoms with Crippen LogP contribution < -0.4 is 3.79 Å². The van der Waals surface area contributed by atoms with E-state index < -0.39 is 0 Å². The largest absolute Gasteiger partial charge is 0.648 e. The van der Waals surface area contributed by atoms with Crippen molar-refractivity contribution in [1.82, 2.24) is 4.98 Å². The van der Waals surface area contributed by atoms with Gasteiger partial charge in [-0.15, -0.1) is 0 Å². The maximum Gasteiger partial charge on any atom is 0.526 e. The summed E-state index contributed by atoms with van der Waals surface area (Å²) in [7, 11) is 0. The summed E-state index contributed by atoms with van der Waals surface area (Å²) >= 11 is 0.0360. The SMILES string of the molecule is C[CH](C)[Al][O]c1cccc(-c2ccccc2)c1.Cc1cc(C)c2cccc(O)c2n1. The van der Waals surface area contributed by atoms with Crippen molar-refractivity contribution in [3.05, 3.63) is 90.1 Å². The number of pyridine rings is 1. The highest BCUT2D eigenvalue weighted by atomic mass is 27.1. The number of aromatic hydroxyl groups is 1. The molecule has 0 unspecified atom stereocenters. The Labute approximate surface area is 185 Å². The van der Waals surface area contributed by atoms with Crippen LogP contribution in [0.25, 0.3) is 22.0 Å². The smallest absolute Gasteiger partial charge is 0.526 e. The molecular formula is C26H27AlNO2. The third-order valence-corrected chi connectivity index (χ3v) is 5.52. The number of phenolic OH excluding ortho intramolecular Hbond substituents is 1. The molecule has 4 heteroatoms. The van der Waals surface area contributed by atoms with Gasteiger partial charge in [0.15, 0.2) is 0 Å². The van der Waals surface area contributed by atoms with Crippen LogP contribution in [0, 0.1) is 13.8 Å². The van der Waals surface area contributed by atoms with Gasteiger partial charge in [0.05, 0.1) is 5.75 Å². The molecule has 0 saturated carbocycles. The fourth-order valence-corrected chi connectivity index (χ4v) is 3.74. The molecule has 0 saturated heterocycles. The molecule has 1 heterocycles. The Hall–Kier alpha value is -2.80. The molecule has 0 fully saturated rings. The molecule has 1 radical (unpaired) electrons. The number of hydrogen-bond donors (Lipinski definition) is 1. The summed E-state index contributed by atoms with van der Waals surface area (Å²) < 4.78 is 6.45. The van der Waals surface area contributed by atoms with E-state index in [2.05, 4.69) is 61.3 Å². The van der Waals surface area contributed by atoms with Gasteiger partial charge < -0.3 is 8.90 Å². The first-order valence-corrected chi connectivity index (χ1v) is 11.3. The van der Waals surface area contributed by atoms with Crippen LogP contribution in [0.4, 0.5) is 0 Å². The van der Waals surface area contributed by atoms with Gasteiger partial charge in [0, 0.05) is 11.1 Å². The molecule has 4 aromatic rings. The minimum atomic E-state index is 0.0360. The number of aromatic nitrogens is 1. The van der Waals surface area contributed by atoms with Crippen LogP contribution in [0.2, 0.25) is 4.78 Å². The Kier molecular flexibility index (Phi) is 7.52. The van der Waals surface area contributed by atoms with Crippen LogP contribution in [-0.4, -0.2) is 25.6 Å². The Balaban J connectivity index is 0.000000177. The summed E-state index contributed by atoms with van der Waals surface area (Å²) in [5.74, 6) is 1.24. The van der Waals surface area contributed by atoms with Crippen LogP contribution in [0.1, 0.15) is 25.1 Å². The number of hydrogen-bond acceptors (Lipinski definition) is 3. The number of fused-ring (bicyclic) bond motifs is 1. The van der Waals surface area contributed by atoms with E-state index >= 15 is 0 Å². The van der Waals surface area contributed by atoms with E-state index in [1.54, 1.807) is 6.07 Å². The summed E-state index contributed by atoms with van der Waals surface area (Å²) in [6.07, 6.45) is 0. The maximum atomic E-state index is 9.56. The summed E-state index contributed by atoms with van der Waals surface area (Å²) in [6.45, 7) is 8.34. The molecule has 0 aliphatic rings. The van der Waals surface area contributed by atoms with Crippen LogP contribution in [0.15, 0.2) is 78.9 Å². The summed E-state index contributed by atoms with van der Waals surface area (Å²) in [5.41, 5.74) is 5.23. The normalized spacial score (nSPS) is 10.4. The molecule has 4 rings (SSSR count). The molecule has 0 bridgehead atoms. The van der Waals surface area contributed by atoms with Gasteiger partial charge in [0.2, 0.25) is 0 Å². The van der Waals surface area contributed by atoms with Crippen molar-refractivity contribution in [3.63, 3.8) is 0 Å². The number of phenols is 1. The molecule has 151 valence electrons. The zero-order valence-corrected chi connectivity index (χ0v) is 19.1. The monoisotopic (exact) mass is 412 g/mol. The lowest BCUT2D eigenvalue weighted by Gasteiger charge is -2.10. The van der Waals surface area contributed by atoms with Crippen molar-refractivity contribution in [2.45, 2.75) is 32.5 Å². The van der Waals surface area contributed by atoms with Crippen molar-refractivity contribution in [1.29, 1.82) is 0 Å². The molecule has 0 atom stereocenters. The van der Waals surface area contributed by atoms with Gasteiger partial charge in [-0.3, -0.25) is 0 Å². The number of para-hydroxylation sites is 1. The number of nitrogens with zero attached hydrogens (tertiary/aromatic N) is 1. The lowest BCUT2D eigenvalue weighted by molar-refractivity contribution is 0.480. The predicted octanol–water partition coefficient (Wildman–Crippen LogP) is 6.74. The average Bonchev–Trinajstić information content (AvgIpc) is 2.74. The predicted molar refractivity (Wildman–Crippen MR) is 126 cm³/mol. The number of benzene rings is 3. The Morgan fingerprint density at radius 2 is 1.53 bits per heavy atom. The third kappa shape index (κ3) is 5.86. The molecule has 0 aliphatic heterocycles. The Bertz CT molecular complexity index is 1110. The first kappa shape index (κ1) is 21.9. The fourth-order valence-electron chi connectivity index (χ4n) is 3.16. The Morgan fingerprint density at radius 1 is 0.833 bits per heavy atom. The quantitative estimate of drug-likeness (QED) is 0.378. The van der Waals surface area contributed by atoms with Gasteiger partial charge in [-0.05, 0) is 54.8 Å². The molecule has 1 N–H and O–H groups in total. The Morgan fingerprint density at radius 3 is 2.27 bits per heavy atom. The van der Waals surface area contributed by atoms with Crippen LogP contribution >= 0.6 is 0 Å². The van der Waals surface area contributed by atoms with Gasteiger partial charge in [0.1, 0.15) is 11.3 Å². The molecule has 0 amide bonds. The van der Waals surface area contributed by atoms with E-state index in [1.807, 2.05) is 44.2 Å². The van der Waals surface area contributed by atoms with Crippen molar-refractivity contribution in [2.75, 3.05) is 0 Å². The number of aryl methyl sites for hydroxylation is 2. The van der Waals surface area contributed by atoms with Gasteiger partial charge in [-0.2, -0.15) is 0 Å². The van der Waals surface area contributed by atoms with E-state index in [1.165, 1.54) is 11.1 Å². The standard InChI is InChI=1S/C12H10O.C11H11NO.C3H7.Al/c13-12-8-4-7-11(9-12)10-5-2-1-3-6-10;1-7-6-8(2)12-11-9(7)4-3-5-10(11)13;1-3-2;/h1-9,13H;3-6,13H,1-2H3;3H,1-2H3;/q;;;+1/p-1. The van der Waals surface area contributed by atoms with Gasteiger partial charge in [0.25, 0.3) is 0 Å². The average molecular weight is 412 g/mol. The van der Waals surface area contributed by atoms with E-state index in [9.17, 15) is 5.11 Å². The molecule has 1 aromatic heterocycles. The fraction of sp³-hybridized carbons (Fsp3) is 0.192. The first-order valence-electron chi connectivity index (χ1n) is 10.2. The van der Waals surface area contributed by atoms with Crippen molar-refractivity contribution in [3.8, 4) is 22.6 Å². The molecular weight excluding hydrogens is 385 g/mol. The molecule has 30 heavy (non-hydrogen) atoms. The molecule has 3 nitrogen and oxygen atoms in total. The first-order chi connectivity index (χ1) is 14.4. The van der Waals surface area contributed by atoms with Crippen molar-refractivity contribution >= 4 is 26.5 Å². The van der Waals surface area contributed by atoms with E-state index in [4.69, 9.17) is 3.79 Å². The lowest BCUT2D eigenvalue weighted by atomic mass is 10.1.